The first-order valence-electron chi connectivity index (χ1n) is 9.72. The van der Waals surface area contributed by atoms with Crippen molar-refractivity contribution in [2.24, 2.45) is 0 Å². The zero-order valence-corrected chi connectivity index (χ0v) is 18.3. The van der Waals surface area contributed by atoms with E-state index in [1.54, 1.807) is 12.1 Å². The summed E-state index contributed by atoms with van der Waals surface area (Å²) in [5.41, 5.74) is 0.452. The lowest BCUT2D eigenvalue weighted by Crippen LogP contribution is -2.24. The van der Waals surface area contributed by atoms with Gasteiger partial charge in [-0.05, 0) is 50.8 Å². The third kappa shape index (κ3) is 4.34. The van der Waals surface area contributed by atoms with Crippen molar-refractivity contribution in [2.45, 2.75) is 59.9 Å². The van der Waals surface area contributed by atoms with Gasteiger partial charge in [0.25, 0.3) is 0 Å². The van der Waals surface area contributed by atoms with Gasteiger partial charge in [0, 0.05) is 31.7 Å². The highest BCUT2D eigenvalue weighted by Gasteiger charge is 2.37. The Kier molecular flexibility index (Phi) is 5.43. The number of benzene rings is 1. The van der Waals surface area contributed by atoms with Crippen LogP contribution in [0.1, 0.15) is 50.4 Å². The maximum atomic E-state index is 12.7. The lowest BCUT2D eigenvalue weighted by molar-refractivity contribution is -0.115. The Morgan fingerprint density at radius 3 is 2.59 bits per heavy atom. The molecule has 1 heterocycles. The minimum absolute atomic E-state index is 0.142. The van der Waals surface area contributed by atoms with Gasteiger partial charge in [0.05, 0.1) is 10.1 Å². The monoisotopic (exact) mass is 435 g/mol. The predicted octanol–water partition coefficient (Wildman–Crippen LogP) is 2.86. The molecule has 1 aromatic heterocycles. The van der Waals surface area contributed by atoms with Gasteiger partial charge in [-0.3, -0.25) is 4.79 Å². The van der Waals surface area contributed by atoms with Crippen LogP contribution in [0.25, 0.3) is 0 Å². The van der Waals surface area contributed by atoms with Crippen LogP contribution in [0, 0.1) is 0 Å². The van der Waals surface area contributed by atoms with Crippen LogP contribution in [-0.2, 0) is 14.8 Å². The lowest BCUT2D eigenvalue weighted by Gasteiger charge is -2.15. The van der Waals surface area contributed by atoms with Gasteiger partial charge in [-0.25, -0.2) is 12.7 Å². The molecule has 1 N–H and O–H groups in total. The van der Waals surface area contributed by atoms with Crippen LogP contribution >= 0.6 is 11.8 Å². The summed E-state index contributed by atoms with van der Waals surface area (Å²) >= 11 is 1.40. The smallest absolute Gasteiger partial charge is 0.242 e. The van der Waals surface area contributed by atoms with Gasteiger partial charge in [0.15, 0.2) is 5.16 Å². The van der Waals surface area contributed by atoms with E-state index in [0.717, 1.165) is 41.0 Å². The van der Waals surface area contributed by atoms with Crippen LogP contribution in [0.15, 0.2) is 34.3 Å². The van der Waals surface area contributed by atoms with E-state index in [9.17, 15) is 13.2 Å². The molecule has 2 aliphatic carbocycles. The largest absolute Gasteiger partial charge is 0.325 e. The highest BCUT2D eigenvalue weighted by Crippen LogP contribution is 2.46. The quantitative estimate of drug-likeness (QED) is 0.641. The fourth-order valence-electron chi connectivity index (χ4n) is 3.07. The second-order valence-corrected chi connectivity index (χ2v) is 11.2. The molecular formula is C19H25N5O3S2. The number of sulfonamides is 1. The average molecular weight is 436 g/mol. The molecule has 4 rings (SSSR count). The molecule has 1 atom stereocenters. The van der Waals surface area contributed by atoms with Crippen molar-refractivity contribution >= 4 is 33.4 Å². The van der Waals surface area contributed by atoms with E-state index in [0.29, 0.717) is 17.6 Å². The van der Waals surface area contributed by atoms with Crippen LogP contribution in [0.3, 0.4) is 0 Å². The summed E-state index contributed by atoms with van der Waals surface area (Å²) in [5, 5.41) is 11.9. The molecule has 156 valence electrons. The fourth-order valence-corrected chi connectivity index (χ4v) is 4.94. The molecular weight excluding hydrogens is 410 g/mol. The van der Waals surface area contributed by atoms with Crippen molar-refractivity contribution in [1.29, 1.82) is 0 Å². The van der Waals surface area contributed by atoms with Gasteiger partial charge in [0.1, 0.15) is 5.82 Å². The fraction of sp³-hybridized carbons (Fsp3) is 0.526. The van der Waals surface area contributed by atoms with Gasteiger partial charge >= 0.3 is 0 Å². The maximum Gasteiger partial charge on any atom is 0.242 e. The van der Waals surface area contributed by atoms with Crippen molar-refractivity contribution in [3.8, 4) is 0 Å². The highest BCUT2D eigenvalue weighted by atomic mass is 32.2. The number of amides is 1. The third-order valence-electron chi connectivity index (χ3n) is 5.08. The van der Waals surface area contributed by atoms with Crippen molar-refractivity contribution in [3.05, 3.63) is 30.1 Å². The molecule has 2 saturated carbocycles. The molecule has 10 heteroatoms. The number of nitrogens with zero attached hydrogens (tertiary/aromatic N) is 4. The van der Waals surface area contributed by atoms with Crippen LogP contribution < -0.4 is 5.32 Å². The maximum absolute atomic E-state index is 12.7. The number of nitrogens with one attached hydrogen (secondary N) is 1. The number of hydrogen-bond donors (Lipinski definition) is 1. The third-order valence-corrected chi connectivity index (χ3v) is 7.94. The summed E-state index contributed by atoms with van der Waals surface area (Å²) in [5.74, 6) is 1.37. The number of thioether (sulfide) groups is 1. The molecule has 2 aromatic rings. The highest BCUT2D eigenvalue weighted by molar-refractivity contribution is 8.00. The summed E-state index contributed by atoms with van der Waals surface area (Å²) in [6.45, 7) is 1.82. The Balaban J connectivity index is 1.46. The van der Waals surface area contributed by atoms with Crippen LogP contribution in [0.2, 0.25) is 0 Å². The second-order valence-electron chi connectivity index (χ2n) is 7.78. The number of carbonyl (C=O) groups excluding carboxylic acids is 1. The number of aromatic nitrogens is 3. The molecule has 0 unspecified atom stereocenters. The summed E-state index contributed by atoms with van der Waals surface area (Å²) in [7, 11) is -0.602. The van der Waals surface area contributed by atoms with E-state index in [1.165, 1.54) is 38.0 Å². The zero-order valence-electron chi connectivity index (χ0n) is 16.7. The first-order chi connectivity index (χ1) is 13.8. The molecule has 0 aliphatic heterocycles. The normalized spacial score (nSPS) is 18.1. The topological polar surface area (TPSA) is 97.2 Å². The molecule has 0 saturated heterocycles. The minimum atomic E-state index is -3.56. The average Bonchev–Trinajstić information content (AvgIpc) is 3.61. The van der Waals surface area contributed by atoms with E-state index in [1.807, 2.05) is 6.92 Å². The number of rotatable bonds is 8. The van der Waals surface area contributed by atoms with E-state index < -0.39 is 15.3 Å². The first kappa shape index (κ1) is 20.4. The number of carbonyl (C=O) groups is 1. The molecule has 29 heavy (non-hydrogen) atoms. The van der Waals surface area contributed by atoms with Crippen molar-refractivity contribution < 1.29 is 13.2 Å². The number of anilines is 1. The zero-order chi connectivity index (χ0) is 20.8. The van der Waals surface area contributed by atoms with Crippen molar-refractivity contribution in [1.82, 2.24) is 19.1 Å². The minimum Gasteiger partial charge on any atom is -0.325 e. The summed E-state index contributed by atoms with van der Waals surface area (Å²) < 4.78 is 28.0. The van der Waals surface area contributed by atoms with Gasteiger partial charge in [-0.2, -0.15) is 0 Å². The van der Waals surface area contributed by atoms with Gasteiger partial charge in [-0.1, -0.05) is 17.8 Å². The molecule has 2 fully saturated rings. The summed E-state index contributed by atoms with van der Waals surface area (Å²) in [6, 6.07) is 6.76. The Labute approximate surface area is 175 Å². The lowest BCUT2D eigenvalue weighted by atomic mass is 10.3. The summed E-state index contributed by atoms with van der Waals surface area (Å²) in [6.07, 6.45) is 4.60. The van der Waals surface area contributed by atoms with E-state index in [-0.39, 0.29) is 10.8 Å². The van der Waals surface area contributed by atoms with Crippen molar-refractivity contribution in [2.75, 3.05) is 19.4 Å². The van der Waals surface area contributed by atoms with Crippen LogP contribution in [0.5, 0.6) is 0 Å². The predicted molar refractivity (Wildman–Crippen MR) is 112 cm³/mol. The molecule has 0 radical (unpaired) electrons. The van der Waals surface area contributed by atoms with Gasteiger partial charge in [0.2, 0.25) is 15.9 Å². The molecule has 1 amide bonds. The molecule has 8 nitrogen and oxygen atoms in total. The Morgan fingerprint density at radius 1 is 1.24 bits per heavy atom. The Morgan fingerprint density at radius 2 is 1.97 bits per heavy atom. The van der Waals surface area contributed by atoms with Crippen molar-refractivity contribution in [3.63, 3.8) is 0 Å². The van der Waals surface area contributed by atoms with Gasteiger partial charge < -0.3 is 9.88 Å². The van der Waals surface area contributed by atoms with E-state index in [2.05, 4.69) is 20.1 Å². The molecule has 2 aliphatic rings. The van der Waals surface area contributed by atoms with Gasteiger partial charge in [-0.15, -0.1) is 10.2 Å². The second kappa shape index (κ2) is 7.73. The van der Waals surface area contributed by atoms with Crippen LogP contribution in [-0.4, -0.2) is 52.7 Å². The van der Waals surface area contributed by atoms with E-state index >= 15 is 0 Å². The SMILES string of the molecule is C[C@H](Sc1nnc(C2CC2)n1C1CC1)C(=O)Nc1cccc(S(=O)(=O)N(C)C)c1. The van der Waals surface area contributed by atoms with Crippen LogP contribution in [0.4, 0.5) is 5.69 Å². The Hall–Kier alpha value is -1.91. The molecule has 0 spiro atoms. The number of hydrogen-bond acceptors (Lipinski definition) is 6. The summed E-state index contributed by atoms with van der Waals surface area (Å²) in [4.78, 5) is 12.9. The molecule has 0 bridgehead atoms. The first-order valence-corrected chi connectivity index (χ1v) is 12.0. The van der Waals surface area contributed by atoms with E-state index in [4.69, 9.17) is 0 Å². The standard InChI is InChI=1S/C19H25N5O3S2/c1-12(28-19-22-21-17(13-7-8-13)24(19)15-9-10-15)18(25)20-14-5-4-6-16(11-14)29(26,27)23(2)3/h4-6,11-13,15H,7-10H2,1-3H3,(H,20,25)/t12-/m0/s1. The molecule has 1 aromatic carbocycles. The Bertz CT molecular complexity index is 1030.